The fraction of sp³-hybridized carbons (Fsp3) is 0.500. The van der Waals surface area contributed by atoms with Gasteiger partial charge in [-0.3, -0.25) is 0 Å². The van der Waals surface area contributed by atoms with Crippen molar-refractivity contribution in [1.29, 1.82) is 0 Å². The van der Waals surface area contributed by atoms with E-state index in [1.54, 1.807) is 0 Å². The molecule has 6 heavy (non-hydrogen) atoms. The predicted molar refractivity (Wildman–Crippen MR) is 20.6 cm³/mol. The van der Waals surface area contributed by atoms with E-state index in [-0.39, 0.29) is 0 Å². The Hall–Kier alpha value is -0.400. The Labute approximate surface area is 35.5 Å². The maximum atomic E-state index is 11.3. The van der Waals surface area contributed by atoms with Gasteiger partial charge >= 0.3 is 0 Å². The first-order chi connectivity index (χ1) is 2.64. The third-order valence-corrected chi connectivity index (χ3v) is 0.475. The fourth-order valence-electron chi connectivity index (χ4n) is 0. The van der Waals surface area contributed by atoms with Gasteiger partial charge in [-0.2, -0.15) is 0 Å². The maximum absolute atomic E-state index is 11.3. The highest BCUT2D eigenvalue weighted by Crippen LogP contribution is 2.02. The van der Waals surface area contributed by atoms with Crippen LogP contribution < -0.4 is 0 Å². The van der Waals surface area contributed by atoms with Gasteiger partial charge in [-0.1, -0.05) is 0 Å². The first-order valence-corrected chi connectivity index (χ1v) is 1.63. The second-order valence-electron chi connectivity index (χ2n) is 1.07. The highest BCUT2D eigenvalue weighted by molar-refractivity contribution is 4.90. The summed E-state index contributed by atoms with van der Waals surface area (Å²) in [6.07, 6.45) is 0. The van der Waals surface area contributed by atoms with Gasteiger partial charge in [0, 0.05) is 0 Å². The molecule has 0 aliphatic rings. The second kappa shape index (κ2) is 1.90. The molecular weight excluding hydrogens is 86.0 g/mol. The zero-order valence-electron chi connectivity index (χ0n) is 3.76. The van der Waals surface area contributed by atoms with Crippen molar-refractivity contribution in [3.05, 3.63) is 11.7 Å². The lowest BCUT2D eigenvalue weighted by molar-refractivity contribution is 0.539. The lowest BCUT2D eigenvalue weighted by Gasteiger charge is -1.78. The van der Waals surface area contributed by atoms with Gasteiger partial charge in [0.1, 0.15) is 11.7 Å². The van der Waals surface area contributed by atoms with Crippen LogP contribution in [0.4, 0.5) is 8.78 Å². The first-order valence-electron chi connectivity index (χ1n) is 1.63. The third kappa shape index (κ3) is 1.88. The van der Waals surface area contributed by atoms with Crippen LogP contribution in [0, 0.1) is 0 Å². The highest BCUT2D eigenvalue weighted by Gasteiger charge is 1.86. The molecule has 0 atom stereocenters. The lowest BCUT2D eigenvalue weighted by atomic mass is 10.5. The number of hydrogen-bond acceptors (Lipinski definition) is 0. The van der Waals surface area contributed by atoms with E-state index < -0.39 is 11.7 Å². The minimum Gasteiger partial charge on any atom is -0.209 e. The molecule has 0 bridgehead atoms. The summed E-state index contributed by atoms with van der Waals surface area (Å²) in [7, 11) is 0. The Morgan fingerprint density at radius 1 is 1.00 bits per heavy atom. The van der Waals surface area contributed by atoms with Gasteiger partial charge < -0.3 is 0 Å². The summed E-state index contributed by atoms with van der Waals surface area (Å²) in [4.78, 5) is 0. The average molecular weight is 92.1 g/mol. The molecule has 0 N–H and O–H groups in total. The highest BCUT2D eigenvalue weighted by atomic mass is 19.2. The molecule has 0 rings (SSSR count). The van der Waals surface area contributed by atoms with Crippen LogP contribution in [0.3, 0.4) is 0 Å². The normalized spacial score (nSPS) is 14.0. The van der Waals surface area contributed by atoms with Crippen molar-refractivity contribution in [2.75, 3.05) is 0 Å². The minimum absolute atomic E-state index is 0.741. The SMILES string of the molecule is C/C(F)=C(\C)F. The molecule has 0 unspecified atom stereocenters. The van der Waals surface area contributed by atoms with E-state index in [2.05, 4.69) is 0 Å². The standard InChI is InChI=1S/C4H6F2/c1-3(5)4(2)6/h1-2H3/b4-3-. The molecule has 0 aromatic heterocycles. The molecule has 0 aliphatic carbocycles. The number of allylic oxidation sites excluding steroid dienone is 2. The van der Waals surface area contributed by atoms with Crippen molar-refractivity contribution < 1.29 is 8.78 Å². The van der Waals surface area contributed by atoms with Crippen molar-refractivity contribution in [2.24, 2.45) is 0 Å². The Balaban J connectivity index is 3.68. The monoisotopic (exact) mass is 92.0 g/mol. The molecular formula is C4H6F2. The van der Waals surface area contributed by atoms with Crippen LogP contribution in [0.2, 0.25) is 0 Å². The molecule has 0 radical (unpaired) electrons. The van der Waals surface area contributed by atoms with E-state index in [1.165, 1.54) is 0 Å². The van der Waals surface area contributed by atoms with Crippen LogP contribution >= 0.6 is 0 Å². The van der Waals surface area contributed by atoms with Gasteiger partial charge in [0.25, 0.3) is 0 Å². The fourth-order valence-corrected chi connectivity index (χ4v) is 0. The topological polar surface area (TPSA) is 0 Å². The Morgan fingerprint density at radius 3 is 1.17 bits per heavy atom. The quantitative estimate of drug-likeness (QED) is 0.429. The van der Waals surface area contributed by atoms with Crippen LogP contribution in [0.1, 0.15) is 13.8 Å². The lowest BCUT2D eigenvalue weighted by Crippen LogP contribution is -1.61. The number of halogens is 2. The smallest absolute Gasteiger partial charge is 0.128 e. The Morgan fingerprint density at radius 2 is 1.17 bits per heavy atom. The molecule has 0 spiro atoms. The largest absolute Gasteiger partial charge is 0.209 e. The van der Waals surface area contributed by atoms with Crippen molar-refractivity contribution in [2.45, 2.75) is 13.8 Å². The summed E-state index contributed by atoms with van der Waals surface area (Å²) in [6.45, 7) is 2.16. The molecule has 0 aromatic carbocycles. The zero-order chi connectivity index (χ0) is 5.15. The van der Waals surface area contributed by atoms with Gasteiger partial charge in [-0.15, -0.1) is 0 Å². The van der Waals surface area contributed by atoms with Crippen molar-refractivity contribution >= 4 is 0 Å². The average Bonchev–Trinajstić information content (AvgIpc) is 1.36. The second-order valence-corrected chi connectivity index (χ2v) is 1.07. The van der Waals surface area contributed by atoms with Crippen molar-refractivity contribution in [3.63, 3.8) is 0 Å². The Kier molecular flexibility index (Phi) is 1.77. The van der Waals surface area contributed by atoms with Gasteiger partial charge in [-0.05, 0) is 13.8 Å². The van der Waals surface area contributed by atoms with E-state index in [0.717, 1.165) is 13.8 Å². The Bertz CT molecular complexity index is 55.6. The van der Waals surface area contributed by atoms with Gasteiger partial charge in [0.2, 0.25) is 0 Å². The van der Waals surface area contributed by atoms with E-state index in [4.69, 9.17) is 0 Å². The molecule has 2 heteroatoms. The van der Waals surface area contributed by atoms with Crippen LogP contribution in [-0.4, -0.2) is 0 Å². The van der Waals surface area contributed by atoms with Gasteiger partial charge in [-0.25, -0.2) is 8.78 Å². The van der Waals surface area contributed by atoms with E-state index >= 15 is 0 Å². The van der Waals surface area contributed by atoms with Crippen LogP contribution in [0.5, 0.6) is 0 Å². The molecule has 0 aliphatic heterocycles. The summed E-state index contributed by atoms with van der Waals surface area (Å²) in [6, 6.07) is 0. The molecule has 0 nitrogen and oxygen atoms in total. The predicted octanol–water partition coefficient (Wildman–Crippen LogP) is 2.18. The molecule has 0 heterocycles. The van der Waals surface area contributed by atoms with E-state index in [0.29, 0.717) is 0 Å². The minimum atomic E-state index is -0.741. The number of rotatable bonds is 0. The van der Waals surface area contributed by atoms with Crippen LogP contribution in [0.25, 0.3) is 0 Å². The molecule has 0 amide bonds. The summed E-state index contributed by atoms with van der Waals surface area (Å²) >= 11 is 0. The maximum Gasteiger partial charge on any atom is 0.128 e. The van der Waals surface area contributed by atoms with Crippen molar-refractivity contribution in [1.82, 2.24) is 0 Å². The van der Waals surface area contributed by atoms with Crippen LogP contribution in [-0.2, 0) is 0 Å². The van der Waals surface area contributed by atoms with E-state index in [9.17, 15) is 8.78 Å². The zero-order valence-corrected chi connectivity index (χ0v) is 3.76. The third-order valence-electron chi connectivity index (χ3n) is 0.475. The van der Waals surface area contributed by atoms with Crippen LogP contribution in [0.15, 0.2) is 11.7 Å². The van der Waals surface area contributed by atoms with Crippen molar-refractivity contribution in [3.8, 4) is 0 Å². The summed E-state index contributed by atoms with van der Waals surface area (Å²) in [5.74, 6) is -1.48. The molecule has 36 valence electrons. The molecule has 0 aromatic rings. The number of hydrogen-bond donors (Lipinski definition) is 0. The van der Waals surface area contributed by atoms with Gasteiger partial charge in [0.15, 0.2) is 0 Å². The first kappa shape index (κ1) is 5.60. The summed E-state index contributed by atoms with van der Waals surface area (Å²) < 4.78 is 22.7. The molecule has 0 saturated carbocycles. The van der Waals surface area contributed by atoms with Gasteiger partial charge in [0.05, 0.1) is 0 Å². The molecule has 0 fully saturated rings. The van der Waals surface area contributed by atoms with E-state index in [1.807, 2.05) is 0 Å². The summed E-state index contributed by atoms with van der Waals surface area (Å²) in [5, 5.41) is 0. The molecule has 0 saturated heterocycles. The summed E-state index contributed by atoms with van der Waals surface area (Å²) in [5.41, 5.74) is 0.